The summed E-state index contributed by atoms with van der Waals surface area (Å²) in [5.41, 5.74) is 0. The van der Waals surface area contributed by atoms with Crippen LogP contribution in [0.1, 0.15) is 19.8 Å². The predicted molar refractivity (Wildman–Crippen MR) is 79.7 cm³/mol. The van der Waals surface area contributed by atoms with E-state index in [-0.39, 0.29) is 5.75 Å². The van der Waals surface area contributed by atoms with Crippen LogP contribution in [0.5, 0.6) is 0 Å². The van der Waals surface area contributed by atoms with Gasteiger partial charge in [-0.2, -0.15) is 0 Å². The summed E-state index contributed by atoms with van der Waals surface area (Å²) in [6.07, 6.45) is 2.56. The average Bonchev–Trinajstić information content (AvgIpc) is 3.03. The number of hydrogen-bond acceptors (Lipinski definition) is 7. The molecule has 3 heterocycles. The molecule has 6 nitrogen and oxygen atoms in total. The van der Waals surface area contributed by atoms with Crippen LogP contribution in [0.3, 0.4) is 0 Å². The maximum absolute atomic E-state index is 10.6. The molecule has 0 saturated carbocycles. The molecular weight excluding hydrogens is 296 g/mol. The van der Waals surface area contributed by atoms with E-state index < -0.39 is 5.97 Å². The lowest BCUT2D eigenvalue weighted by atomic mass is 10.1. The van der Waals surface area contributed by atoms with Crippen molar-refractivity contribution in [3.63, 3.8) is 0 Å². The second kappa shape index (κ2) is 5.87. The van der Waals surface area contributed by atoms with E-state index in [1.807, 2.05) is 0 Å². The van der Waals surface area contributed by atoms with Crippen LogP contribution in [-0.2, 0) is 4.79 Å². The molecule has 0 aliphatic carbocycles. The molecule has 0 spiro atoms. The van der Waals surface area contributed by atoms with Gasteiger partial charge in [0.25, 0.3) is 0 Å². The van der Waals surface area contributed by atoms with Gasteiger partial charge < -0.3 is 10.0 Å². The number of hydrogen-bond donors (Lipinski definition) is 1. The molecule has 0 radical (unpaired) electrons. The molecule has 110 valence electrons. The molecule has 2 aliphatic rings. The van der Waals surface area contributed by atoms with Crippen LogP contribution in [0.15, 0.2) is 4.34 Å². The Hall–Kier alpha value is -0.860. The standard InChI is InChI=1S/C12H18N4O2S2/c1-8-5-15-4-2-3-9(15)6-16(8)11-13-14-12(20-11)19-7-10(17)18/h8-9H,2-7H2,1H3,(H,17,18). The third kappa shape index (κ3) is 2.91. The lowest BCUT2D eigenvalue weighted by molar-refractivity contribution is -0.133. The van der Waals surface area contributed by atoms with Gasteiger partial charge in [-0.05, 0) is 26.3 Å². The van der Waals surface area contributed by atoms with Gasteiger partial charge in [0, 0.05) is 25.2 Å². The minimum Gasteiger partial charge on any atom is -0.481 e. The number of carboxylic acid groups (broad SMARTS) is 1. The van der Waals surface area contributed by atoms with E-state index >= 15 is 0 Å². The van der Waals surface area contributed by atoms with Crippen molar-refractivity contribution in [1.29, 1.82) is 0 Å². The average molecular weight is 314 g/mol. The van der Waals surface area contributed by atoms with Gasteiger partial charge in [-0.25, -0.2) is 0 Å². The van der Waals surface area contributed by atoms with E-state index in [0.29, 0.717) is 12.1 Å². The van der Waals surface area contributed by atoms with Crippen molar-refractivity contribution in [3.8, 4) is 0 Å². The Morgan fingerprint density at radius 2 is 2.35 bits per heavy atom. The Morgan fingerprint density at radius 3 is 3.15 bits per heavy atom. The van der Waals surface area contributed by atoms with E-state index in [0.717, 1.165) is 22.6 Å². The normalized spacial score (nSPS) is 26.8. The number of carboxylic acids is 1. The summed E-state index contributed by atoms with van der Waals surface area (Å²) in [5, 5.41) is 18.0. The monoisotopic (exact) mass is 314 g/mol. The van der Waals surface area contributed by atoms with Crippen LogP contribution in [0.2, 0.25) is 0 Å². The van der Waals surface area contributed by atoms with E-state index in [1.54, 1.807) is 0 Å². The van der Waals surface area contributed by atoms with Gasteiger partial charge in [0.15, 0.2) is 4.34 Å². The first-order valence-electron chi connectivity index (χ1n) is 6.82. The number of anilines is 1. The largest absolute Gasteiger partial charge is 0.481 e. The number of nitrogens with zero attached hydrogens (tertiary/aromatic N) is 4. The summed E-state index contributed by atoms with van der Waals surface area (Å²) in [4.78, 5) is 15.5. The van der Waals surface area contributed by atoms with Crippen molar-refractivity contribution in [2.45, 2.75) is 36.2 Å². The summed E-state index contributed by atoms with van der Waals surface area (Å²) in [6, 6.07) is 1.08. The first kappa shape index (κ1) is 14.1. The zero-order chi connectivity index (χ0) is 14.1. The molecular formula is C12H18N4O2S2. The minimum atomic E-state index is -0.820. The van der Waals surface area contributed by atoms with Crippen molar-refractivity contribution < 1.29 is 9.90 Å². The second-order valence-corrected chi connectivity index (χ2v) is 7.50. The first-order chi connectivity index (χ1) is 9.63. The van der Waals surface area contributed by atoms with Gasteiger partial charge in [-0.3, -0.25) is 9.69 Å². The molecule has 8 heteroatoms. The van der Waals surface area contributed by atoms with Crippen molar-refractivity contribution >= 4 is 34.2 Å². The predicted octanol–water partition coefficient (Wildman–Crippen LogP) is 1.39. The Morgan fingerprint density at radius 1 is 1.50 bits per heavy atom. The molecule has 1 aromatic rings. The van der Waals surface area contributed by atoms with Gasteiger partial charge in [0.05, 0.1) is 5.75 Å². The zero-order valence-electron chi connectivity index (χ0n) is 11.4. The quantitative estimate of drug-likeness (QED) is 0.842. The Kier molecular flexibility index (Phi) is 4.13. The van der Waals surface area contributed by atoms with Crippen molar-refractivity contribution in [2.24, 2.45) is 0 Å². The fourth-order valence-electron chi connectivity index (χ4n) is 2.95. The summed E-state index contributed by atoms with van der Waals surface area (Å²) >= 11 is 2.75. The zero-order valence-corrected chi connectivity index (χ0v) is 13.0. The molecule has 0 bridgehead atoms. The highest BCUT2D eigenvalue weighted by atomic mass is 32.2. The van der Waals surface area contributed by atoms with Crippen LogP contribution in [-0.4, -0.2) is 63.6 Å². The van der Waals surface area contributed by atoms with E-state index in [1.165, 1.54) is 42.5 Å². The minimum absolute atomic E-state index is 0.0423. The number of fused-ring (bicyclic) bond motifs is 1. The second-order valence-electron chi connectivity index (χ2n) is 5.33. The van der Waals surface area contributed by atoms with Crippen molar-refractivity contribution in [2.75, 3.05) is 30.3 Å². The van der Waals surface area contributed by atoms with Crippen molar-refractivity contribution in [3.05, 3.63) is 0 Å². The Labute approximate surface area is 126 Å². The number of thioether (sulfide) groups is 1. The molecule has 2 unspecified atom stereocenters. The number of carbonyl (C=O) groups is 1. The third-order valence-electron chi connectivity index (χ3n) is 3.90. The Bertz CT molecular complexity index is 496. The van der Waals surface area contributed by atoms with E-state index in [9.17, 15) is 4.79 Å². The van der Waals surface area contributed by atoms with Crippen LogP contribution in [0.4, 0.5) is 5.13 Å². The van der Waals surface area contributed by atoms with Crippen LogP contribution >= 0.6 is 23.1 Å². The number of piperazine rings is 1. The molecule has 2 atom stereocenters. The van der Waals surface area contributed by atoms with Crippen LogP contribution in [0.25, 0.3) is 0 Å². The molecule has 20 heavy (non-hydrogen) atoms. The molecule has 0 aromatic carbocycles. The topological polar surface area (TPSA) is 69.6 Å². The van der Waals surface area contributed by atoms with Crippen molar-refractivity contribution in [1.82, 2.24) is 15.1 Å². The highest BCUT2D eigenvalue weighted by Crippen LogP contribution is 2.33. The van der Waals surface area contributed by atoms with Gasteiger partial charge >= 0.3 is 5.97 Å². The Balaban J connectivity index is 1.67. The summed E-state index contributed by atoms with van der Waals surface area (Å²) in [7, 11) is 0. The lowest BCUT2D eigenvalue weighted by Crippen LogP contribution is -2.55. The summed E-state index contributed by atoms with van der Waals surface area (Å²) in [5.74, 6) is -0.777. The van der Waals surface area contributed by atoms with E-state index in [4.69, 9.17) is 5.11 Å². The first-order valence-corrected chi connectivity index (χ1v) is 8.62. The molecule has 2 fully saturated rings. The molecule has 3 rings (SSSR count). The maximum atomic E-state index is 10.6. The summed E-state index contributed by atoms with van der Waals surface area (Å²) in [6.45, 7) is 5.54. The van der Waals surface area contributed by atoms with Gasteiger partial charge in [-0.15, -0.1) is 10.2 Å². The van der Waals surface area contributed by atoms with Gasteiger partial charge in [0.1, 0.15) is 0 Å². The molecule has 1 aromatic heterocycles. The van der Waals surface area contributed by atoms with E-state index in [2.05, 4.69) is 26.9 Å². The number of aromatic nitrogens is 2. The molecule has 0 amide bonds. The van der Waals surface area contributed by atoms with Gasteiger partial charge in [-0.1, -0.05) is 23.1 Å². The molecule has 2 saturated heterocycles. The number of aliphatic carboxylic acids is 1. The fraction of sp³-hybridized carbons (Fsp3) is 0.750. The SMILES string of the molecule is CC1CN2CCCC2CN1c1nnc(SCC(=O)O)s1. The highest BCUT2D eigenvalue weighted by molar-refractivity contribution is 8.01. The highest BCUT2D eigenvalue weighted by Gasteiger charge is 2.35. The summed E-state index contributed by atoms with van der Waals surface area (Å²) < 4.78 is 0.739. The van der Waals surface area contributed by atoms with Crippen LogP contribution < -0.4 is 4.90 Å². The molecule has 2 aliphatic heterocycles. The fourth-order valence-corrected chi connectivity index (χ4v) is 4.63. The van der Waals surface area contributed by atoms with Gasteiger partial charge in [0.2, 0.25) is 5.13 Å². The third-order valence-corrected chi connectivity index (χ3v) is 5.98. The maximum Gasteiger partial charge on any atom is 0.313 e. The molecule has 1 N–H and O–H groups in total. The smallest absolute Gasteiger partial charge is 0.313 e. The number of rotatable bonds is 4. The lowest BCUT2D eigenvalue weighted by Gasteiger charge is -2.41. The van der Waals surface area contributed by atoms with Crippen LogP contribution in [0, 0.1) is 0 Å².